The Morgan fingerprint density at radius 3 is 2.28 bits per heavy atom. The molecule has 8 heteroatoms. The molecule has 0 fully saturated rings. The first kappa shape index (κ1) is 28.0. The summed E-state index contributed by atoms with van der Waals surface area (Å²) in [7, 11) is 2.15. The molecule has 2 aliphatic heterocycles. The third-order valence-corrected chi connectivity index (χ3v) is 11.4. The Kier molecular flexibility index (Phi) is 5.48. The van der Waals surface area contributed by atoms with E-state index in [9.17, 15) is 5.11 Å². The van der Waals surface area contributed by atoms with Crippen molar-refractivity contribution in [1.82, 2.24) is 18.8 Å². The molecule has 0 saturated heterocycles. The fraction of sp³-hybridized carbons (Fsp3) is 0.231. The summed E-state index contributed by atoms with van der Waals surface area (Å²) in [6.07, 6.45) is 2.02. The van der Waals surface area contributed by atoms with Crippen molar-refractivity contribution >= 4 is 45.5 Å². The number of aromatic hydroxyl groups is 1. The maximum Gasteiger partial charge on any atom is 0.417 e. The molecule has 7 nitrogen and oxygen atoms in total. The highest BCUT2D eigenvalue weighted by Gasteiger charge is 2.49. The van der Waals surface area contributed by atoms with E-state index in [-0.39, 0.29) is 23.6 Å². The van der Waals surface area contributed by atoms with Gasteiger partial charge < -0.3 is 19.1 Å². The first-order chi connectivity index (χ1) is 22.5. The van der Waals surface area contributed by atoms with Crippen LogP contribution in [0.5, 0.6) is 17.5 Å². The SMILES string of the molecule is Cc1cccc(C)c1B1N(C)c2ccccc2-c2nc(Oc3nc4c5c(O)cccc5c5cccc6c5n4c3C(C)(C)C6(C)C)cn21. The number of hydrogen-bond acceptors (Lipinski definition) is 5. The van der Waals surface area contributed by atoms with Crippen LogP contribution in [0.2, 0.25) is 0 Å². The Labute approximate surface area is 274 Å². The first-order valence-electron chi connectivity index (χ1n) is 16.3. The number of benzene rings is 4. The Hall–Kier alpha value is -5.24. The van der Waals surface area contributed by atoms with Crippen LogP contribution < -0.4 is 15.0 Å². The van der Waals surface area contributed by atoms with E-state index in [2.05, 4.69) is 129 Å². The molecule has 0 radical (unpaired) electrons. The number of pyridine rings is 1. The van der Waals surface area contributed by atoms with Crippen LogP contribution in [0.25, 0.3) is 38.7 Å². The third kappa shape index (κ3) is 3.48. The molecule has 9 rings (SSSR count). The van der Waals surface area contributed by atoms with Crippen molar-refractivity contribution in [2.45, 2.75) is 52.4 Å². The topological polar surface area (TPSA) is 67.8 Å². The minimum atomic E-state index is -0.381. The number of aryl methyl sites for hydroxylation is 2. The first-order valence-corrected chi connectivity index (χ1v) is 16.3. The van der Waals surface area contributed by atoms with Crippen molar-refractivity contribution in [3.05, 3.63) is 107 Å². The lowest BCUT2D eigenvalue weighted by molar-refractivity contribution is 0.278. The van der Waals surface area contributed by atoms with Gasteiger partial charge in [-0.25, -0.2) is 0 Å². The van der Waals surface area contributed by atoms with Crippen LogP contribution in [-0.2, 0) is 10.8 Å². The zero-order valence-electron chi connectivity index (χ0n) is 27.8. The van der Waals surface area contributed by atoms with Crippen molar-refractivity contribution in [3.8, 4) is 28.9 Å². The molecular weight excluding hydrogens is 581 g/mol. The van der Waals surface area contributed by atoms with Gasteiger partial charge in [0.15, 0.2) is 5.65 Å². The monoisotopic (exact) mass is 617 g/mol. The average molecular weight is 618 g/mol. The maximum absolute atomic E-state index is 11.2. The molecule has 5 heterocycles. The summed E-state index contributed by atoms with van der Waals surface area (Å²) < 4.78 is 11.3. The summed E-state index contributed by atoms with van der Waals surface area (Å²) in [4.78, 5) is 12.7. The number of ether oxygens (including phenoxy) is 1. The Bertz CT molecular complexity index is 2450. The number of aromatic nitrogens is 4. The minimum absolute atomic E-state index is 0.104. The molecule has 0 atom stereocenters. The van der Waals surface area contributed by atoms with Gasteiger partial charge in [0, 0.05) is 27.5 Å². The lowest BCUT2D eigenvalue weighted by Crippen LogP contribution is -2.56. The van der Waals surface area contributed by atoms with Gasteiger partial charge in [-0.1, -0.05) is 99.5 Å². The molecule has 7 aromatic rings. The number of anilines is 1. The van der Waals surface area contributed by atoms with Crippen molar-refractivity contribution in [3.63, 3.8) is 0 Å². The predicted molar refractivity (Wildman–Crippen MR) is 191 cm³/mol. The van der Waals surface area contributed by atoms with Crippen LogP contribution >= 0.6 is 0 Å². The zero-order valence-corrected chi connectivity index (χ0v) is 27.8. The third-order valence-electron chi connectivity index (χ3n) is 11.4. The number of nitrogens with zero attached hydrogens (tertiary/aromatic N) is 5. The largest absolute Gasteiger partial charge is 0.507 e. The number of fused-ring (bicyclic) bond motifs is 6. The highest BCUT2D eigenvalue weighted by Crippen LogP contribution is 2.54. The summed E-state index contributed by atoms with van der Waals surface area (Å²) in [5, 5.41) is 14.0. The number of para-hydroxylation sites is 2. The molecule has 2 aliphatic rings. The molecular formula is C39H36BN5O2. The van der Waals surface area contributed by atoms with E-state index in [0.717, 1.165) is 44.4 Å². The van der Waals surface area contributed by atoms with E-state index in [0.29, 0.717) is 17.4 Å². The molecule has 0 aliphatic carbocycles. The summed E-state index contributed by atoms with van der Waals surface area (Å²) in [5.41, 5.74) is 9.27. The molecule has 232 valence electrons. The number of phenolic OH excluding ortho intramolecular Hbond substituents is 1. The number of hydrogen-bond donors (Lipinski definition) is 1. The van der Waals surface area contributed by atoms with Gasteiger partial charge in [0.05, 0.1) is 22.8 Å². The van der Waals surface area contributed by atoms with Gasteiger partial charge in [0.2, 0.25) is 11.8 Å². The molecule has 3 aromatic heterocycles. The number of imidazole rings is 2. The van der Waals surface area contributed by atoms with E-state index >= 15 is 0 Å². The van der Waals surface area contributed by atoms with Crippen LogP contribution in [0.1, 0.15) is 50.1 Å². The normalized spacial score (nSPS) is 15.9. The van der Waals surface area contributed by atoms with Gasteiger partial charge in [0.25, 0.3) is 0 Å². The number of phenols is 1. The summed E-state index contributed by atoms with van der Waals surface area (Å²) in [5.74, 6) is 2.05. The summed E-state index contributed by atoms with van der Waals surface area (Å²) in [6.45, 7) is 13.4. The predicted octanol–water partition coefficient (Wildman–Crippen LogP) is 7.88. The van der Waals surface area contributed by atoms with E-state index in [1.54, 1.807) is 6.07 Å². The molecule has 4 aromatic carbocycles. The van der Waals surface area contributed by atoms with Crippen LogP contribution in [-0.4, -0.2) is 38.0 Å². The van der Waals surface area contributed by atoms with Crippen LogP contribution in [0.15, 0.2) is 85.1 Å². The summed E-state index contributed by atoms with van der Waals surface area (Å²) in [6, 6.07) is 27.1. The van der Waals surface area contributed by atoms with Crippen molar-refractivity contribution in [2.75, 3.05) is 11.9 Å². The van der Waals surface area contributed by atoms with Crippen molar-refractivity contribution in [1.29, 1.82) is 0 Å². The van der Waals surface area contributed by atoms with Gasteiger partial charge in [-0.3, -0.25) is 4.40 Å². The maximum atomic E-state index is 11.2. The van der Waals surface area contributed by atoms with Gasteiger partial charge in [-0.2, -0.15) is 9.97 Å². The van der Waals surface area contributed by atoms with Gasteiger partial charge >= 0.3 is 6.98 Å². The number of rotatable bonds is 3. The average Bonchev–Trinajstić information content (AvgIpc) is 3.64. The molecule has 0 amide bonds. The quantitative estimate of drug-likeness (QED) is 0.161. The Balaban J connectivity index is 1.31. The highest BCUT2D eigenvalue weighted by atomic mass is 16.5. The zero-order chi connectivity index (χ0) is 32.6. The highest BCUT2D eigenvalue weighted by molar-refractivity contribution is 6.77. The van der Waals surface area contributed by atoms with Crippen LogP contribution in [0, 0.1) is 13.8 Å². The van der Waals surface area contributed by atoms with Gasteiger partial charge in [-0.05, 0) is 55.5 Å². The van der Waals surface area contributed by atoms with Crippen LogP contribution in [0.3, 0.4) is 0 Å². The molecule has 1 N–H and O–H groups in total. The second kappa shape index (κ2) is 9.19. The second-order valence-corrected chi connectivity index (χ2v) is 14.3. The summed E-state index contributed by atoms with van der Waals surface area (Å²) >= 11 is 0. The Morgan fingerprint density at radius 1 is 0.787 bits per heavy atom. The fourth-order valence-corrected chi connectivity index (χ4v) is 8.30. The lowest BCUT2D eigenvalue weighted by Gasteiger charge is -2.45. The molecule has 0 spiro atoms. The minimum Gasteiger partial charge on any atom is -0.507 e. The fourth-order valence-electron chi connectivity index (χ4n) is 8.30. The van der Waals surface area contributed by atoms with Crippen LogP contribution in [0.4, 0.5) is 5.69 Å². The molecule has 0 saturated carbocycles. The van der Waals surface area contributed by atoms with Gasteiger partial charge in [0.1, 0.15) is 11.6 Å². The molecule has 47 heavy (non-hydrogen) atoms. The van der Waals surface area contributed by atoms with E-state index < -0.39 is 0 Å². The van der Waals surface area contributed by atoms with Crippen molar-refractivity contribution in [2.24, 2.45) is 0 Å². The smallest absolute Gasteiger partial charge is 0.417 e. The standard InChI is InChI=1S/C39H36BN5O2/c1-22-13-10-14-23(2)32(22)40-43(7)28-19-9-8-15-26(28)35-41-30(21-44(35)40)47-37-34-39(5,6)38(3,4)27-18-11-17-25-24-16-12-20-29(46)31(24)36(42-37)45(34)33(25)27/h8-21,46H,1-7H3. The molecule has 0 bridgehead atoms. The lowest BCUT2D eigenvalue weighted by atomic mass is 9.60. The Morgan fingerprint density at radius 2 is 1.49 bits per heavy atom. The molecule has 0 unspecified atom stereocenters. The second-order valence-electron chi connectivity index (χ2n) is 14.3. The van der Waals surface area contributed by atoms with E-state index in [1.165, 1.54) is 22.2 Å². The van der Waals surface area contributed by atoms with E-state index in [1.807, 2.05) is 12.3 Å². The van der Waals surface area contributed by atoms with Gasteiger partial charge in [-0.15, -0.1) is 0 Å². The van der Waals surface area contributed by atoms with E-state index in [4.69, 9.17) is 14.7 Å². The van der Waals surface area contributed by atoms with Crippen molar-refractivity contribution < 1.29 is 9.84 Å².